The van der Waals surface area contributed by atoms with Gasteiger partial charge in [0, 0.05) is 25.2 Å². The fourth-order valence-corrected chi connectivity index (χ4v) is 3.42. The second kappa shape index (κ2) is 5.68. The van der Waals surface area contributed by atoms with Crippen LogP contribution in [0, 0.1) is 0 Å². The minimum Gasteiger partial charge on any atom is -0.375 e. The summed E-state index contributed by atoms with van der Waals surface area (Å²) in [6, 6.07) is 1.50. The van der Waals surface area contributed by atoms with Crippen molar-refractivity contribution in [2.75, 3.05) is 26.7 Å². The molecule has 0 aromatic rings. The van der Waals surface area contributed by atoms with Gasteiger partial charge in [-0.1, -0.05) is 6.92 Å². The minimum atomic E-state index is 0.121. The Bertz CT molecular complexity index is 246. The van der Waals surface area contributed by atoms with Crippen molar-refractivity contribution in [2.45, 2.75) is 63.6 Å². The van der Waals surface area contributed by atoms with E-state index < -0.39 is 0 Å². The molecule has 0 saturated carbocycles. The van der Waals surface area contributed by atoms with E-state index in [2.05, 4.69) is 31.1 Å². The van der Waals surface area contributed by atoms with Gasteiger partial charge >= 0.3 is 0 Å². The lowest BCUT2D eigenvalue weighted by molar-refractivity contribution is -0.0979. The summed E-state index contributed by atoms with van der Waals surface area (Å²) in [5.74, 6) is 0. The van der Waals surface area contributed by atoms with Crippen LogP contribution in [-0.4, -0.2) is 49.3 Å². The molecule has 0 spiro atoms. The van der Waals surface area contributed by atoms with Gasteiger partial charge in [0.15, 0.2) is 0 Å². The highest BCUT2D eigenvalue weighted by Gasteiger charge is 2.38. The highest BCUT2D eigenvalue weighted by Crippen LogP contribution is 2.33. The number of likely N-dealkylation sites (tertiary alicyclic amines) is 1. The molecule has 100 valence electrons. The van der Waals surface area contributed by atoms with Crippen LogP contribution in [0.4, 0.5) is 0 Å². The first-order valence-corrected chi connectivity index (χ1v) is 7.23. The number of ether oxygens (including phenoxy) is 1. The van der Waals surface area contributed by atoms with E-state index in [-0.39, 0.29) is 5.60 Å². The van der Waals surface area contributed by atoms with Crippen LogP contribution in [0.25, 0.3) is 0 Å². The van der Waals surface area contributed by atoms with E-state index in [4.69, 9.17) is 4.74 Å². The number of nitrogens with zero attached hydrogens (tertiary/aromatic N) is 1. The third kappa shape index (κ3) is 3.01. The smallest absolute Gasteiger partial charge is 0.0666 e. The van der Waals surface area contributed by atoms with Gasteiger partial charge in [-0.2, -0.15) is 0 Å². The zero-order chi connectivity index (χ0) is 12.3. The van der Waals surface area contributed by atoms with Crippen LogP contribution in [0.5, 0.6) is 0 Å². The molecule has 3 unspecified atom stereocenters. The Morgan fingerprint density at radius 2 is 2.24 bits per heavy atom. The molecule has 0 aliphatic carbocycles. The molecule has 3 nitrogen and oxygen atoms in total. The second-order valence-corrected chi connectivity index (χ2v) is 5.89. The lowest BCUT2D eigenvalue weighted by Crippen LogP contribution is -2.50. The molecule has 3 atom stereocenters. The first-order chi connectivity index (χ1) is 8.18. The Hall–Kier alpha value is -0.120. The molecule has 2 aliphatic heterocycles. The predicted octanol–water partition coefficient (Wildman–Crippen LogP) is 2.02. The summed E-state index contributed by atoms with van der Waals surface area (Å²) in [4.78, 5) is 2.74. The highest BCUT2D eigenvalue weighted by molar-refractivity contribution is 4.92. The Labute approximate surface area is 106 Å². The summed E-state index contributed by atoms with van der Waals surface area (Å²) in [7, 11) is 2.07. The Morgan fingerprint density at radius 1 is 1.41 bits per heavy atom. The van der Waals surface area contributed by atoms with Gasteiger partial charge in [-0.3, -0.25) is 4.90 Å². The maximum atomic E-state index is 5.96. The molecule has 2 fully saturated rings. The monoisotopic (exact) mass is 240 g/mol. The summed E-state index contributed by atoms with van der Waals surface area (Å²) >= 11 is 0. The molecule has 0 aromatic heterocycles. The number of hydrogen-bond acceptors (Lipinski definition) is 3. The number of rotatable bonds is 4. The van der Waals surface area contributed by atoms with Crippen molar-refractivity contribution in [3.8, 4) is 0 Å². The zero-order valence-corrected chi connectivity index (χ0v) is 11.7. The molecule has 2 aliphatic rings. The molecule has 0 amide bonds. The SMILES string of the molecule is CCC1(C)CC(N2CCCC2CNC)CCO1. The Kier molecular flexibility index (Phi) is 4.45. The van der Waals surface area contributed by atoms with E-state index in [9.17, 15) is 0 Å². The molecule has 2 saturated heterocycles. The first-order valence-electron chi connectivity index (χ1n) is 7.23. The number of likely N-dealkylation sites (N-methyl/N-ethyl adjacent to an activating group) is 1. The largest absolute Gasteiger partial charge is 0.375 e. The quantitative estimate of drug-likeness (QED) is 0.813. The fraction of sp³-hybridized carbons (Fsp3) is 1.00. The first kappa shape index (κ1) is 13.3. The van der Waals surface area contributed by atoms with E-state index in [0.717, 1.165) is 31.7 Å². The molecule has 2 rings (SSSR count). The van der Waals surface area contributed by atoms with Crippen molar-refractivity contribution in [3.05, 3.63) is 0 Å². The van der Waals surface area contributed by atoms with Gasteiger partial charge in [0.25, 0.3) is 0 Å². The topological polar surface area (TPSA) is 24.5 Å². The van der Waals surface area contributed by atoms with Crippen molar-refractivity contribution >= 4 is 0 Å². The lowest BCUT2D eigenvalue weighted by atomic mass is 9.89. The normalized spacial score (nSPS) is 39.7. The second-order valence-electron chi connectivity index (χ2n) is 5.89. The minimum absolute atomic E-state index is 0.121. The van der Waals surface area contributed by atoms with Crippen molar-refractivity contribution < 1.29 is 4.74 Å². The van der Waals surface area contributed by atoms with E-state index in [0.29, 0.717) is 0 Å². The van der Waals surface area contributed by atoms with Crippen LogP contribution in [0.3, 0.4) is 0 Å². The van der Waals surface area contributed by atoms with Crippen LogP contribution in [0.2, 0.25) is 0 Å². The Morgan fingerprint density at radius 3 is 2.94 bits per heavy atom. The van der Waals surface area contributed by atoms with Gasteiger partial charge in [0.05, 0.1) is 5.60 Å². The van der Waals surface area contributed by atoms with E-state index in [1.54, 1.807) is 0 Å². The molecular formula is C14H28N2O. The van der Waals surface area contributed by atoms with Crippen molar-refractivity contribution in [1.82, 2.24) is 10.2 Å². The van der Waals surface area contributed by atoms with Gasteiger partial charge in [-0.15, -0.1) is 0 Å². The van der Waals surface area contributed by atoms with Gasteiger partial charge < -0.3 is 10.1 Å². The van der Waals surface area contributed by atoms with Crippen molar-refractivity contribution in [3.63, 3.8) is 0 Å². The highest BCUT2D eigenvalue weighted by atomic mass is 16.5. The standard InChI is InChI=1S/C14H28N2O/c1-4-14(2)10-12(7-9-17-14)16-8-5-6-13(16)11-15-3/h12-13,15H,4-11H2,1-3H3. The van der Waals surface area contributed by atoms with Crippen LogP contribution in [0.1, 0.15) is 46.0 Å². The van der Waals surface area contributed by atoms with Crippen LogP contribution in [0.15, 0.2) is 0 Å². The molecule has 3 heteroatoms. The third-order valence-electron chi connectivity index (χ3n) is 4.65. The third-order valence-corrected chi connectivity index (χ3v) is 4.65. The van der Waals surface area contributed by atoms with Crippen LogP contribution in [-0.2, 0) is 4.74 Å². The molecule has 0 bridgehead atoms. The van der Waals surface area contributed by atoms with Gasteiger partial charge in [0.1, 0.15) is 0 Å². The van der Waals surface area contributed by atoms with Crippen LogP contribution < -0.4 is 5.32 Å². The van der Waals surface area contributed by atoms with E-state index >= 15 is 0 Å². The summed E-state index contributed by atoms with van der Waals surface area (Å²) < 4.78 is 5.96. The molecular weight excluding hydrogens is 212 g/mol. The lowest BCUT2D eigenvalue weighted by Gasteiger charge is -2.43. The van der Waals surface area contributed by atoms with Gasteiger partial charge in [-0.25, -0.2) is 0 Å². The zero-order valence-electron chi connectivity index (χ0n) is 11.7. The predicted molar refractivity (Wildman–Crippen MR) is 71.3 cm³/mol. The molecule has 0 radical (unpaired) electrons. The maximum Gasteiger partial charge on any atom is 0.0666 e. The molecule has 17 heavy (non-hydrogen) atoms. The van der Waals surface area contributed by atoms with Gasteiger partial charge in [-0.05, 0) is 52.6 Å². The molecule has 2 heterocycles. The summed E-state index contributed by atoms with van der Waals surface area (Å²) in [5, 5.41) is 3.34. The summed E-state index contributed by atoms with van der Waals surface area (Å²) in [6.07, 6.45) is 6.29. The fourth-order valence-electron chi connectivity index (χ4n) is 3.42. The van der Waals surface area contributed by atoms with Crippen LogP contribution >= 0.6 is 0 Å². The van der Waals surface area contributed by atoms with Crippen molar-refractivity contribution in [2.24, 2.45) is 0 Å². The molecule has 0 aromatic carbocycles. The average molecular weight is 240 g/mol. The van der Waals surface area contributed by atoms with Gasteiger partial charge in [0.2, 0.25) is 0 Å². The number of nitrogens with one attached hydrogen (secondary N) is 1. The van der Waals surface area contributed by atoms with E-state index in [1.807, 2.05) is 0 Å². The summed E-state index contributed by atoms with van der Waals surface area (Å²) in [5.41, 5.74) is 0.121. The van der Waals surface area contributed by atoms with Crippen molar-refractivity contribution in [1.29, 1.82) is 0 Å². The molecule has 1 N–H and O–H groups in total. The maximum absolute atomic E-state index is 5.96. The summed E-state index contributed by atoms with van der Waals surface area (Å²) in [6.45, 7) is 7.90. The average Bonchev–Trinajstić information content (AvgIpc) is 2.78. The number of hydrogen-bond donors (Lipinski definition) is 1. The van der Waals surface area contributed by atoms with E-state index in [1.165, 1.54) is 32.2 Å². The Balaban J connectivity index is 1.96.